The van der Waals surface area contributed by atoms with E-state index >= 15 is 0 Å². The Morgan fingerprint density at radius 2 is 0.598 bits per heavy atom. The summed E-state index contributed by atoms with van der Waals surface area (Å²) >= 11 is 0. The molecular formula is C77H124NO8P. The third-order valence-corrected chi connectivity index (χ3v) is 14.8. The fourth-order valence-electron chi connectivity index (χ4n) is 8.81. The van der Waals surface area contributed by atoms with E-state index in [0.29, 0.717) is 6.42 Å². The number of ether oxygens (including phenoxy) is 2. The van der Waals surface area contributed by atoms with Gasteiger partial charge in [0.25, 0.3) is 0 Å². The van der Waals surface area contributed by atoms with Gasteiger partial charge in [0.1, 0.15) is 6.61 Å². The van der Waals surface area contributed by atoms with Crippen LogP contribution < -0.4 is 5.73 Å². The van der Waals surface area contributed by atoms with Crippen molar-refractivity contribution in [1.82, 2.24) is 0 Å². The summed E-state index contributed by atoms with van der Waals surface area (Å²) in [6.07, 6.45) is 105. The van der Waals surface area contributed by atoms with Gasteiger partial charge in [0.05, 0.1) is 13.2 Å². The molecule has 0 radical (unpaired) electrons. The highest BCUT2D eigenvalue weighted by Gasteiger charge is 2.26. The summed E-state index contributed by atoms with van der Waals surface area (Å²) in [7, 11) is -4.42. The van der Waals surface area contributed by atoms with Gasteiger partial charge in [-0.05, 0) is 135 Å². The van der Waals surface area contributed by atoms with Crippen LogP contribution in [0.25, 0.3) is 0 Å². The minimum absolute atomic E-state index is 0.0387. The lowest BCUT2D eigenvalue weighted by Gasteiger charge is -2.19. The largest absolute Gasteiger partial charge is 0.472 e. The first-order chi connectivity index (χ1) is 42.8. The topological polar surface area (TPSA) is 134 Å². The second kappa shape index (κ2) is 70.2. The number of carbonyl (C=O) groups is 2. The molecule has 0 heterocycles. The maximum atomic E-state index is 12.7. The second-order valence-electron chi connectivity index (χ2n) is 21.9. The van der Waals surface area contributed by atoms with Crippen molar-refractivity contribution in [2.45, 2.75) is 264 Å². The van der Waals surface area contributed by atoms with Crippen molar-refractivity contribution in [2.75, 3.05) is 26.4 Å². The number of nitrogens with two attached hydrogens (primary N) is 1. The smallest absolute Gasteiger partial charge is 0.462 e. The molecule has 490 valence electrons. The summed E-state index contributed by atoms with van der Waals surface area (Å²) in [6.45, 7) is 3.47. The minimum atomic E-state index is -4.42. The number of allylic oxidation sites excluding steroid dienone is 30. The number of phosphoric acid groups is 1. The molecule has 0 aromatic heterocycles. The molecule has 9 nitrogen and oxygen atoms in total. The van der Waals surface area contributed by atoms with Crippen LogP contribution in [-0.2, 0) is 32.7 Å². The minimum Gasteiger partial charge on any atom is -0.462 e. The van der Waals surface area contributed by atoms with Crippen molar-refractivity contribution < 1.29 is 37.6 Å². The Balaban J connectivity index is 4.04. The van der Waals surface area contributed by atoms with Crippen molar-refractivity contribution in [2.24, 2.45) is 5.73 Å². The second-order valence-corrected chi connectivity index (χ2v) is 23.4. The number of rotatable bonds is 62. The molecule has 2 atom stereocenters. The third-order valence-electron chi connectivity index (χ3n) is 13.8. The van der Waals surface area contributed by atoms with Crippen LogP contribution in [0.1, 0.15) is 258 Å². The number of hydrogen-bond acceptors (Lipinski definition) is 8. The number of carbonyl (C=O) groups excluding carboxylic acids is 2. The van der Waals surface area contributed by atoms with E-state index in [-0.39, 0.29) is 32.6 Å². The molecular weight excluding hydrogens is 1100 g/mol. The molecule has 0 spiro atoms. The fourth-order valence-corrected chi connectivity index (χ4v) is 9.57. The first-order valence-corrected chi connectivity index (χ1v) is 35.8. The van der Waals surface area contributed by atoms with Gasteiger partial charge in [-0.25, -0.2) is 4.57 Å². The number of phosphoric ester groups is 1. The van der Waals surface area contributed by atoms with Crippen molar-refractivity contribution in [3.8, 4) is 0 Å². The predicted molar refractivity (Wildman–Crippen MR) is 376 cm³/mol. The maximum Gasteiger partial charge on any atom is 0.472 e. The van der Waals surface area contributed by atoms with Gasteiger partial charge < -0.3 is 20.1 Å². The van der Waals surface area contributed by atoms with Crippen molar-refractivity contribution in [3.63, 3.8) is 0 Å². The van der Waals surface area contributed by atoms with Gasteiger partial charge in [-0.1, -0.05) is 292 Å². The monoisotopic (exact) mass is 1220 g/mol. The maximum absolute atomic E-state index is 12.7. The van der Waals surface area contributed by atoms with E-state index in [0.717, 1.165) is 135 Å². The van der Waals surface area contributed by atoms with E-state index in [2.05, 4.69) is 196 Å². The van der Waals surface area contributed by atoms with Crippen LogP contribution in [0.4, 0.5) is 0 Å². The van der Waals surface area contributed by atoms with Crippen LogP contribution in [0.5, 0.6) is 0 Å². The van der Waals surface area contributed by atoms with Crippen molar-refractivity contribution in [1.29, 1.82) is 0 Å². The van der Waals surface area contributed by atoms with Gasteiger partial charge in [0, 0.05) is 19.4 Å². The van der Waals surface area contributed by atoms with Crippen LogP contribution in [0, 0.1) is 0 Å². The quantitative estimate of drug-likeness (QED) is 0.0264. The molecule has 0 aliphatic rings. The fraction of sp³-hybridized carbons (Fsp3) is 0.584. The molecule has 0 saturated heterocycles. The van der Waals surface area contributed by atoms with E-state index in [1.807, 2.05) is 0 Å². The van der Waals surface area contributed by atoms with E-state index in [1.54, 1.807) is 0 Å². The van der Waals surface area contributed by atoms with Crippen LogP contribution >= 0.6 is 7.82 Å². The molecule has 3 N–H and O–H groups in total. The Kier molecular flexibility index (Phi) is 66.3. The average Bonchev–Trinajstić information content (AvgIpc) is 3.65. The van der Waals surface area contributed by atoms with E-state index in [1.165, 1.54) is 89.9 Å². The Bertz CT molecular complexity index is 2080. The first-order valence-electron chi connectivity index (χ1n) is 34.3. The van der Waals surface area contributed by atoms with Gasteiger partial charge in [-0.15, -0.1) is 0 Å². The van der Waals surface area contributed by atoms with E-state index in [4.69, 9.17) is 24.3 Å². The Morgan fingerprint density at radius 3 is 0.897 bits per heavy atom. The third kappa shape index (κ3) is 70.1. The summed E-state index contributed by atoms with van der Waals surface area (Å²) in [5, 5.41) is 0. The molecule has 0 aromatic rings. The summed E-state index contributed by atoms with van der Waals surface area (Å²) in [5.41, 5.74) is 5.40. The number of unbranched alkanes of at least 4 members (excludes halogenated alkanes) is 19. The number of hydrogen-bond donors (Lipinski definition) is 2. The SMILES string of the molecule is CC/C=C\C/C=C\C/C=C\C/C=C\C/C=C\C/C=C\C/C=C\C/C=C\C/C=C\C/C=C\C/C=C\CCCCCC(=O)OC(COC(=O)CCCCCCCCCCCCCCCCCC/C=C\C/C=C\C/C=C\C/C=C\CC)COP(=O)(O)OCCN. The molecule has 0 amide bonds. The highest BCUT2D eigenvalue weighted by Crippen LogP contribution is 2.43. The van der Waals surface area contributed by atoms with Gasteiger partial charge in [-0.2, -0.15) is 0 Å². The zero-order chi connectivity index (χ0) is 63.0. The average molecular weight is 1220 g/mol. The van der Waals surface area contributed by atoms with Gasteiger partial charge in [-0.3, -0.25) is 18.6 Å². The summed E-state index contributed by atoms with van der Waals surface area (Å²) in [4.78, 5) is 35.3. The number of esters is 2. The molecule has 0 aliphatic heterocycles. The Hall–Kier alpha value is -4.89. The van der Waals surface area contributed by atoms with Crippen molar-refractivity contribution in [3.05, 3.63) is 182 Å². The molecule has 0 aliphatic carbocycles. The van der Waals surface area contributed by atoms with Crippen LogP contribution in [0.15, 0.2) is 182 Å². The van der Waals surface area contributed by atoms with Crippen LogP contribution in [0.3, 0.4) is 0 Å². The molecule has 0 bridgehead atoms. The van der Waals surface area contributed by atoms with Gasteiger partial charge in [0.2, 0.25) is 0 Å². The zero-order valence-corrected chi connectivity index (χ0v) is 55.8. The highest BCUT2D eigenvalue weighted by atomic mass is 31.2. The lowest BCUT2D eigenvalue weighted by Crippen LogP contribution is -2.29. The Labute approximate surface area is 533 Å². The lowest BCUT2D eigenvalue weighted by molar-refractivity contribution is -0.161. The zero-order valence-electron chi connectivity index (χ0n) is 54.9. The summed E-state index contributed by atoms with van der Waals surface area (Å²) in [5.74, 6) is -0.875. The molecule has 87 heavy (non-hydrogen) atoms. The predicted octanol–water partition coefficient (Wildman–Crippen LogP) is 22.7. The molecule has 0 saturated carbocycles. The van der Waals surface area contributed by atoms with Crippen LogP contribution in [-0.4, -0.2) is 49.3 Å². The molecule has 0 fully saturated rings. The van der Waals surface area contributed by atoms with Gasteiger partial charge >= 0.3 is 19.8 Å². The Morgan fingerprint density at radius 1 is 0.345 bits per heavy atom. The standard InChI is InChI=1S/C77H124NO8P/c1-3-5-7-9-11-13-15-17-19-21-23-25-27-29-31-33-34-35-36-37-38-39-40-42-44-46-48-50-52-54-56-58-60-62-64-66-68-70-77(80)86-75(74-85-87(81,82)84-72-71-78)73-83-76(79)69-67-65-63-61-59-57-55-53-51-49-47-45-43-41-32-30-28-26-24-22-20-18-16-14-12-10-8-6-4-2/h5-8,11-14,17-20,23-26,29,31,34-35,37-38,40,42,46,48,52,54,58,60,75H,3-4,9-10,15-16,21-22,27-28,30,32-33,36,39,41,43-45,47,49-51,53,55-57,59,61-74,78H2,1-2H3,(H,81,82)/b7-5-,8-6-,13-11-,14-12-,19-17-,20-18-,25-23-,26-24-,31-29-,35-34-,38-37-,42-40-,48-46-,54-52-,60-58-. The summed E-state index contributed by atoms with van der Waals surface area (Å²) in [6, 6.07) is 0. The first kappa shape index (κ1) is 82.1. The van der Waals surface area contributed by atoms with E-state index in [9.17, 15) is 19.0 Å². The van der Waals surface area contributed by atoms with Crippen molar-refractivity contribution >= 4 is 19.8 Å². The molecule has 0 aromatic carbocycles. The highest BCUT2D eigenvalue weighted by molar-refractivity contribution is 7.47. The van der Waals surface area contributed by atoms with E-state index < -0.39 is 32.5 Å². The summed E-state index contributed by atoms with van der Waals surface area (Å²) < 4.78 is 33.1. The van der Waals surface area contributed by atoms with Crippen LogP contribution in [0.2, 0.25) is 0 Å². The normalized spacial score (nSPS) is 14.1. The lowest BCUT2D eigenvalue weighted by atomic mass is 10.0. The van der Waals surface area contributed by atoms with Gasteiger partial charge in [0.15, 0.2) is 6.10 Å². The molecule has 10 heteroatoms. The molecule has 0 rings (SSSR count). The molecule has 2 unspecified atom stereocenters.